The predicted molar refractivity (Wildman–Crippen MR) is 126 cm³/mol. The maximum atomic E-state index is 13.5. The van der Waals surface area contributed by atoms with Crippen molar-refractivity contribution in [2.45, 2.75) is 38.8 Å². The normalized spacial score (nSPS) is 17.8. The summed E-state index contributed by atoms with van der Waals surface area (Å²) in [6.45, 7) is 2.93. The van der Waals surface area contributed by atoms with Crippen molar-refractivity contribution in [1.29, 1.82) is 0 Å². The van der Waals surface area contributed by atoms with E-state index in [0.29, 0.717) is 47.0 Å². The van der Waals surface area contributed by atoms with E-state index in [1.54, 1.807) is 15.9 Å². The number of hydrogen-bond donors (Lipinski definition) is 0. The zero-order valence-electron chi connectivity index (χ0n) is 18.8. The van der Waals surface area contributed by atoms with Gasteiger partial charge in [0, 0.05) is 19.0 Å². The number of halogens is 1. The van der Waals surface area contributed by atoms with E-state index in [-0.39, 0.29) is 30.8 Å². The van der Waals surface area contributed by atoms with Crippen LogP contribution in [0.2, 0.25) is 5.02 Å². The van der Waals surface area contributed by atoms with Crippen LogP contribution in [0.5, 0.6) is 5.75 Å². The number of benzene rings is 2. The molecule has 2 fully saturated rings. The Kier molecular flexibility index (Phi) is 6.24. The van der Waals surface area contributed by atoms with E-state index in [0.717, 1.165) is 12.8 Å². The first-order chi connectivity index (χ1) is 16.5. The molecule has 176 valence electrons. The lowest BCUT2D eigenvalue weighted by molar-refractivity contribution is -0.137. The van der Waals surface area contributed by atoms with Crippen LogP contribution >= 0.6 is 11.6 Å². The Balaban J connectivity index is 1.32. The highest BCUT2D eigenvalue weighted by Crippen LogP contribution is 2.36. The third-order valence-corrected chi connectivity index (χ3v) is 6.41. The lowest BCUT2D eigenvalue weighted by Crippen LogP contribution is -2.38. The van der Waals surface area contributed by atoms with E-state index in [1.165, 1.54) is 0 Å². The van der Waals surface area contributed by atoms with Crippen LogP contribution in [0.4, 0.5) is 5.69 Å². The molecule has 1 atom stereocenters. The molecule has 1 unspecified atom stereocenters. The average Bonchev–Trinajstić information content (AvgIpc) is 3.45. The fourth-order valence-electron chi connectivity index (χ4n) is 4.28. The Bertz CT molecular complexity index is 1210. The molecule has 2 heterocycles. The molecule has 1 aliphatic carbocycles. The molecule has 2 aromatic carbocycles. The summed E-state index contributed by atoms with van der Waals surface area (Å²) in [6, 6.07) is 14.8. The number of nitrogens with zero attached hydrogens (tertiary/aromatic N) is 4. The molecular weight excluding hydrogens is 456 g/mol. The number of hydrogen-bond acceptors (Lipinski definition) is 6. The molecule has 0 spiro atoms. The van der Waals surface area contributed by atoms with E-state index in [2.05, 4.69) is 10.2 Å². The number of aromatic nitrogens is 2. The van der Waals surface area contributed by atoms with Gasteiger partial charge in [-0.25, -0.2) is 0 Å². The summed E-state index contributed by atoms with van der Waals surface area (Å²) < 4.78 is 11.5. The Labute approximate surface area is 202 Å². The second-order valence-corrected chi connectivity index (χ2v) is 8.89. The molecule has 9 heteroatoms. The average molecular weight is 481 g/mol. The minimum Gasteiger partial charge on any atom is -0.492 e. The lowest BCUT2D eigenvalue weighted by Gasteiger charge is -2.24. The van der Waals surface area contributed by atoms with E-state index in [4.69, 9.17) is 20.8 Å². The molecule has 0 radical (unpaired) electrons. The van der Waals surface area contributed by atoms with Crippen molar-refractivity contribution in [2.24, 2.45) is 5.92 Å². The largest absolute Gasteiger partial charge is 0.492 e. The zero-order valence-corrected chi connectivity index (χ0v) is 19.6. The third-order valence-electron chi connectivity index (χ3n) is 6.08. The van der Waals surface area contributed by atoms with Crippen LogP contribution in [0.3, 0.4) is 0 Å². The molecule has 5 rings (SSSR count). The van der Waals surface area contributed by atoms with Crippen LogP contribution in [-0.2, 0) is 16.1 Å². The van der Waals surface area contributed by atoms with Crippen LogP contribution in [-0.4, -0.2) is 46.1 Å². The first kappa shape index (κ1) is 22.4. The molecular formula is C25H25ClN4O4. The predicted octanol–water partition coefficient (Wildman–Crippen LogP) is 4.33. The lowest BCUT2D eigenvalue weighted by atomic mass is 10.1. The van der Waals surface area contributed by atoms with Gasteiger partial charge in [-0.2, -0.15) is 0 Å². The van der Waals surface area contributed by atoms with E-state index in [1.807, 2.05) is 49.4 Å². The van der Waals surface area contributed by atoms with Gasteiger partial charge in [0.25, 0.3) is 0 Å². The van der Waals surface area contributed by atoms with Gasteiger partial charge >= 0.3 is 0 Å². The summed E-state index contributed by atoms with van der Waals surface area (Å²) >= 11 is 6.24. The highest BCUT2D eigenvalue weighted by atomic mass is 35.5. The molecule has 8 nitrogen and oxygen atoms in total. The Morgan fingerprint density at radius 1 is 1.18 bits per heavy atom. The van der Waals surface area contributed by atoms with Crippen LogP contribution in [0.25, 0.3) is 11.5 Å². The SMILES string of the molecule is CCOc1ccccc1N1CC(C(=O)N(Cc2nnc(-c3ccccc3Cl)o2)C2CC2)CC1=O. The molecule has 1 aromatic heterocycles. The second-order valence-electron chi connectivity index (χ2n) is 8.48. The first-order valence-corrected chi connectivity index (χ1v) is 11.8. The number of carbonyl (C=O) groups excluding carboxylic acids is 2. The maximum absolute atomic E-state index is 13.5. The highest BCUT2D eigenvalue weighted by Gasteiger charge is 2.42. The molecule has 1 saturated carbocycles. The van der Waals surface area contributed by atoms with Crippen LogP contribution in [0, 0.1) is 5.92 Å². The van der Waals surface area contributed by atoms with Gasteiger partial charge in [0.15, 0.2) is 0 Å². The number of carbonyl (C=O) groups is 2. The standard InChI is InChI=1S/C25H25ClN4O4/c1-2-33-21-10-6-5-9-20(21)30-14-16(13-23(30)31)25(32)29(17-11-12-17)15-22-27-28-24(34-22)18-7-3-4-8-19(18)26/h3-10,16-17H,2,11-15H2,1H3. The number of ether oxygens (including phenoxy) is 1. The van der Waals surface area contributed by atoms with E-state index in [9.17, 15) is 9.59 Å². The van der Waals surface area contributed by atoms with Crippen molar-refractivity contribution >= 4 is 29.1 Å². The van der Waals surface area contributed by atoms with Crippen molar-refractivity contribution in [2.75, 3.05) is 18.1 Å². The second kappa shape index (κ2) is 9.46. The number of anilines is 1. The van der Waals surface area contributed by atoms with Gasteiger partial charge in [-0.15, -0.1) is 10.2 Å². The van der Waals surface area contributed by atoms with Gasteiger partial charge in [-0.3, -0.25) is 9.59 Å². The Hall–Kier alpha value is -3.39. The summed E-state index contributed by atoms with van der Waals surface area (Å²) in [7, 11) is 0. The number of para-hydroxylation sites is 2. The van der Waals surface area contributed by atoms with Gasteiger partial charge in [0.1, 0.15) is 5.75 Å². The van der Waals surface area contributed by atoms with Gasteiger partial charge in [0.2, 0.25) is 23.6 Å². The van der Waals surface area contributed by atoms with E-state index < -0.39 is 5.92 Å². The zero-order chi connectivity index (χ0) is 23.7. The summed E-state index contributed by atoms with van der Waals surface area (Å²) in [5, 5.41) is 8.77. The summed E-state index contributed by atoms with van der Waals surface area (Å²) in [4.78, 5) is 29.8. The smallest absolute Gasteiger partial charge is 0.249 e. The van der Waals surface area contributed by atoms with Crippen molar-refractivity contribution in [3.05, 3.63) is 59.4 Å². The van der Waals surface area contributed by atoms with Crippen LogP contribution in [0.15, 0.2) is 52.9 Å². The molecule has 1 aliphatic heterocycles. The van der Waals surface area contributed by atoms with Gasteiger partial charge in [-0.1, -0.05) is 35.9 Å². The van der Waals surface area contributed by atoms with E-state index >= 15 is 0 Å². The molecule has 0 N–H and O–H groups in total. The van der Waals surface area contributed by atoms with Crippen LogP contribution in [0.1, 0.15) is 32.1 Å². The van der Waals surface area contributed by atoms with Gasteiger partial charge < -0.3 is 19.0 Å². The number of rotatable bonds is 8. The van der Waals surface area contributed by atoms with Crippen LogP contribution < -0.4 is 9.64 Å². The molecule has 1 saturated heterocycles. The minimum atomic E-state index is -0.436. The summed E-state index contributed by atoms with van der Waals surface area (Å²) in [5.41, 5.74) is 1.35. The van der Waals surface area contributed by atoms with Gasteiger partial charge in [-0.05, 0) is 44.0 Å². The number of amides is 2. The fourth-order valence-corrected chi connectivity index (χ4v) is 4.49. The Morgan fingerprint density at radius 3 is 2.71 bits per heavy atom. The fraction of sp³-hybridized carbons (Fsp3) is 0.360. The molecule has 2 aliphatic rings. The molecule has 3 aromatic rings. The topological polar surface area (TPSA) is 88.8 Å². The van der Waals surface area contributed by atoms with Crippen molar-refractivity contribution in [3.63, 3.8) is 0 Å². The molecule has 34 heavy (non-hydrogen) atoms. The molecule has 0 bridgehead atoms. The van der Waals surface area contributed by atoms with Crippen molar-refractivity contribution < 1.29 is 18.7 Å². The molecule has 2 amide bonds. The summed E-state index contributed by atoms with van der Waals surface area (Å²) in [5.74, 6) is 0.721. The van der Waals surface area contributed by atoms with Crippen molar-refractivity contribution in [3.8, 4) is 17.2 Å². The van der Waals surface area contributed by atoms with Gasteiger partial charge in [0.05, 0.1) is 35.3 Å². The maximum Gasteiger partial charge on any atom is 0.249 e. The first-order valence-electron chi connectivity index (χ1n) is 11.4. The summed E-state index contributed by atoms with van der Waals surface area (Å²) in [6.07, 6.45) is 2.01. The van der Waals surface area contributed by atoms with Crippen molar-refractivity contribution in [1.82, 2.24) is 15.1 Å². The minimum absolute atomic E-state index is 0.0651. The highest BCUT2D eigenvalue weighted by molar-refractivity contribution is 6.33. The monoisotopic (exact) mass is 480 g/mol. The quantitative estimate of drug-likeness (QED) is 0.476. The Morgan fingerprint density at radius 2 is 1.94 bits per heavy atom. The third kappa shape index (κ3) is 4.50.